The summed E-state index contributed by atoms with van der Waals surface area (Å²) in [6, 6.07) is 0. The predicted octanol–water partition coefficient (Wildman–Crippen LogP) is 4.37. The van der Waals surface area contributed by atoms with E-state index in [0.29, 0.717) is 28.4 Å². The Balaban J connectivity index is 1.57. The summed E-state index contributed by atoms with van der Waals surface area (Å²) in [4.78, 5) is 16.1. The molecular formula is C18H23N5OS2. The third kappa shape index (κ3) is 3.32. The Morgan fingerprint density at radius 1 is 1.27 bits per heavy atom. The van der Waals surface area contributed by atoms with E-state index in [2.05, 4.69) is 42.8 Å². The molecule has 0 bridgehead atoms. The highest BCUT2D eigenvalue weighted by Gasteiger charge is 2.24. The maximum atomic E-state index is 6.28. The Bertz CT molecular complexity index is 957. The molecule has 6 nitrogen and oxygen atoms in total. The predicted molar refractivity (Wildman–Crippen MR) is 106 cm³/mol. The van der Waals surface area contributed by atoms with E-state index in [0.717, 1.165) is 29.0 Å². The Morgan fingerprint density at radius 2 is 2.08 bits per heavy atom. The van der Waals surface area contributed by atoms with Crippen LogP contribution in [0.3, 0.4) is 0 Å². The molecule has 2 N–H and O–H groups in total. The average Bonchev–Trinajstić information content (AvgIpc) is 3.16. The van der Waals surface area contributed by atoms with Crippen LogP contribution in [-0.2, 0) is 24.0 Å². The molecule has 138 valence electrons. The lowest BCUT2D eigenvalue weighted by Gasteiger charge is -2.17. The summed E-state index contributed by atoms with van der Waals surface area (Å²) in [5.41, 5.74) is 7.52. The van der Waals surface area contributed by atoms with Crippen molar-refractivity contribution in [3.8, 4) is 0 Å². The molecule has 26 heavy (non-hydrogen) atoms. The van der Waals surface area contributed by atoms with Gasteiger partial charge in [-0.1, -0.05) is 44.6 Å². The largest absolute Gasteiger partial charge is 0.383 e. The average molecular weight is 390 g/mol. The Kier molecular flexibility index (Phi) is 4.43. The molecule has 0 amide bonds. The zero-order valence-corrected chi connectivity index (χ0v) is 17.1. The van der Waals surface area contributed by atoms with Crippen molar-refractivity contribution in [2.75, 3.05) is 5.73 Å². The summed E-state index contributed by atoms with van der Waals surface area (Å²) in [7, 11) is 0. The van der Waals surface area contributed by atoms with Crippen LogP contribution in [-0.4, -0.2) is 20.1 Å². The summed E-state index contributed by atoms with van der Waals surface area (Å²) >= 11 is 3.25. The van der Waals surface area contributed by atoms with Gasteiger partial charge in [-0.2, -0.15) is 4.98 Å². The van der Waals surface area contributed by atoms with Gasteiger partial charge in [-0.25, -0.2) is 9.97 Å². The van der Waals surface area contributed by atoms with E-state index in [1.165, 1.54) is 28.6 Å². The van der Waals surface area contributed by atoms with Crippen LogP contribution in [0, 0.1) is 5.92 Å². The first-order valence-electron chi connectivity index (χ1n) is 8.85. The van der Waals surface area contributed by atoms with Gasteiger partial charge in [0.1, 0.15) is 10.6 Å². The van der Waals surface area contributed by atoms with Crippen molar-refractivity contribution in [3.05, 3.63) is 22.2 Å². The molecule has 0 radical (unpaired) electrons. The highest BCUT2D eigenvalue weighted by molar-refractivity contribution is 7.98. The number of rotatable bonds is 3. The van der Waals surface area contributed by atoms with Crippen LogP contribution in [0.15, 0.2) is 9.68 Å². The van der Waals surface area contributed by atoms with Gasteiger partial charge in [0.25, 0.3) is 0 Å². The molecule has 0 saturated heterocycles. The third-order valence-electron chi connectivity index (χ3n) is 4.63. The topological polar surface area (TPSA) is 90.7 Å². The Labute approximate surface area is 161 Å². The number of nitrogens with two attached hydrogens (primary N) is 1. The molecule has 0 fully saturated rings. The molecule has 3 aromatic rings. The minimum absolute atomic E-state index is 0.126. The number of aromatic nitrogens is 4. The summed E-state index contributed by atoms with van der Waals surface area (Å²) in [6.07, 6.45) is 3.41. The van der Waals surface area contributed by atoms with Gasteiger partial charge in [-0.15, -0.1) is 11.3 Å². The molecular weight excluding hydrogens is 366 g/mol. The molecule has 0 spiro atoms. The molecule has 1 aliphatic carbocycles. The van der Waals surface area contributed by atoms with Crippen molar-refractivity contribution in [2.45, 2.75) is 63.3 Å². The standard InChI is InChI=1S/C18H23N5OS2/c1-9-5-6-10-11(7-9)26-15-13(10)14(19)21-17(22-15)25-8-12-20-16(23-24-12)18(2,3)4/h9H,5-8H2,1-4H3,(H2,19,21,22). The first-order valence-corrected chi connectivity index (χ1v) is 10.6. The van der Waals surface area contributed by atoms with Crippen LogP contribution >= 0.6 is 23.1 Å². The van der Waals surface area contributed by atoms with Crippen molar-refractivity contribution in [1.29, 1.82) is 0 Å². The third-order valence-corrected chi connectivity index (χ3v) is 6.61. The van der Waals surface area contributed by atoms with Crippen LogP contribution in [0.5, 0.6) is 0 Å². The van der Waals surface area contributed by atoms with E-state index >= 15 is 0 Å². The van der Waals surface area contributed by atoms with Crippen molar-refractivity contribution in [3.63, 3.8) is 0 Å². The maximum Gasteiger partial charge on any atom is 0.237 e. The highest BCUT2D eigenvalue weighted by atomic mass is 32.2. The Hall–Kier alpha value is -1.67. The van der Waals surface area contributed by atoms with Crippen molar-refractivity contribution in [2.24, 2.45) is 5.92 Å². The second-order valence-electron chi connectivity index (χ2n) is 7.97. The van der Waals surface area contributed by atoms with E-state index in [4.69, 9.17) is 15.2 Å². The van der Waals surface area contributed by atoms with Crippen LogP contribution in [0.2, 0.25) is 0 Å². The molecule has 1 aliphatic rings. The van der Waals surface area contributed by atoms with Gasteiger partial charge in [0, 0.05) is 10.3 Å². The van der Waals surface area contributed by atoms with Crippen LogP contribution in [0.25, 0.3) is 10.2 Å². The molecule has 0 saturated carbocycles. The van der Waals surface area contributed by atoms with E-state index in [9.17, 15) is 0 Å². The van der Waals surface area contributed by atoms with Crippen LogP contribution in [0.1, 0.15) is 56.3 Å². The van der Waals surface area contributed by atoms with Gasteiger partial charge in [0.2, 0.25) is 5.89 Å². The summed E-state index contributed by atoms with van der Waals surface area (Å²) in [6.45, 7) is 8.49. The van der Waals surface area contributed by atoms with Gasteiger partial charge in [-0.3, -0.25) is 0 Å². The fraction of sp³-hybridized carbons (Fsp3) is 0.556. The molecule has 4 rings (SSSR count). The fourth-order valence-electron chi connectivity index (χ4n) is 3.16. The minimum atomic E-state index is -0.126. The zero-order valence-electron chi connectivity index (χ0n) is 15.5. The van der Waals surface area contributed by atoms with Gasteiger partial charge in [0.15, 0.2) is 11.0 Å². The maximum absolute atomic E-state index is 6.28. The lowest BCUT2D eigenvalue weighted by molar-refractivity contribution is 0.373. The number of nitrogens with zero attached hydrogens (tertiary/aromatic N) is 4. The number of fused-ring (bicyclic) bond motifs is 3. The number of aryl methyl sites for hydroxylation is 1. The first-order chi connectivity index (χ1) is 12.3. The highest BCUT2D eigenvalue weighted by Crippen LogP contribution is 2.40. The monoisotopic (exact) mass is 389 g/mol. The number of thiophene rings is 1. The number of thioether (sulfide) groups is 1. The number of hydrogen-bond donors (Lipinski definition) is 1. The molecule has 1 unspecified atom stereocenters. The molecule has 0 aromatic carbocycles. The summed E-state index contributed by atoms with van der Waals surface area (Å²) in [5.74, 6) is 3.15. The van der Waals surface area contributed by atoms with Crippen molar-refractivity contribution >= 4 is 39.1 Å². The molecule has 8 heteroatoms. The minimum Gasteiger partial charge on any atom is -0.383 e. The second-order valence-corrected chi connectivity index (χ2v) is 10.00. The number of hydrogen-bond acceptors (Lipinski definition) is 8. The lowest BCUT2D eigenvalue weighted by Crippen LogP contribution is -2.13. The van der Waals surface area contributed by atoms with Gasteiger partial charge >= 0.3 is 0 Å². The molecule has 1 atom stereocenters. The first kappa shape index (κ1) is 17.7. The quantitative estimate of drug-likeness (QED) is 0.525. The fourth-order valence-corrected chi connectivity index (χ4v) is 5.30. The van der Waals surface area contributed by atoms with E-state index < -0.39 is 0 Å². The Morgan fingerprint density at radius 3 is 2.81 bits per heavy atom. The van der Waals surface area contributed by atoms with Gasteiger partial charge in [-0.05, 0) is 30.7 Å². The van der Waals surface area contributed by atoms with Crippen LogP contribution < -0.4 is 5.73 Å². The van der Waals surface area contributed by atoms with Crippen molar-refractivity contribution < 1.29 is 4.52 Å². The molecule has 3 heterocycles. The van der Waals surface area contributed by atoms with E-state index in [1.54, 1.807) is 11.3 Å². The summed E-state index contributed by atoms with van der Waals surface area (Å²) < 4.78 is 5.34. The summed E-state index contributed by atoms with van der Waals surface area (Å²) in [5, 5.41) is 5.78. The second kappa shape index (κ2) is 6.49. The van der Waals surface area contributed by atoms with Gasteiger partial charge < -0.3 is 10.3 Å². The SMILES string of the molecule is CC1CCc2c(sc3nc(SCc4nc(C(C)(C)C)no4)nc(N)c23)C1. The number of nitrogen functional groups attached to an aromatic ring is 1. The lowest BCUT2D eigenvalue weighted by atomic mass is 9.89. The van der Waals surface area contributed by atoms with E-state index in [1.807, 2.05) is 0 Å². The smallest absolute Gasteiger partial charge is 0.237 e. The van der Waals surface area contributed by atoms with Crippen LogP contribution in [0.4, 0.5) is 5.82 Å². The normalized spacial score (nSPS) is 17.6. The van der Waals surface area contributed by atoms with Gasteiger partial charge in [0.05, 0.1) is 11.1 Å². The molecule has 3 aromatic heterocycles. The van der Waals surface area contributed by atoms with E-state index in [-0.39, 0.29) is 5.41 Å². The zero-order chi connectivity index (χ0) is 18.5. The molecule has 0 aliphatic heterocycles. The van der Waals surface area contributed by atoms with Crippen molar-refractivity contribution in [1.82, 2.24) is 20.1 Å². The number of anilines is 1.